The minimum atomic E-state index is -0.877. The van der Waals surface area contributed by atoms with Crippen LogP contribution in [0.15, 0.2) is 42.5 Å². The number of benzene rings is 1. The first-order valence-corrected chi connectivity index (χ1v) is 18.3. The van der Waals surface area contributed by atoms with Crippen molar-refractivity contribution in [2.75, 3.05) is 6.54 Å². The van der Waals surface area contributed by atoms with Crippen LogP contribution in [-0.4, -0.2) is 34.2 Å². The summed E-state index contributed by atoms with van der Waals surface area (Å²) in [5.41, 5.74) is 4.20. The average Bonchev–Trinajstić information content (AvgIpc) is 3.70. The minimum Gasteiger partial charge on any atom is -0.480 e. The number of allylic oxidation sites excluding steroid dienone is 3. The topological polar surface area (TPSA) is 86.6 Å². The first-order valence-electron chi connectivity index (χ1n) is 18.3. The van der Waals surface area contributed by atoms with E-state index in [1.54, 1.807) is 12.1 Å². The van der Waals surface area contributed by atoms with Crippen molar-refractivity contribution in [2.45, 2.75) is 124 Å². The molecule has 0 heterocycles. The fraction of sp³-hybridized carbons (Fsp3) is 0.707. The Morgan fingerprint density at radius 2 is 1.65 bits per heavy atom. The summed E-state index contributed by atoms with van der Waals surface area (Å²) in [4.78, 5) is 23.6. The Morgan fingerprint density at radius 1 is 0.957 bits per heavy atom. The molecule has 4 fully saturated rings. The van der Waals surface area contributed by atoms with Crippen LogP contribution in [0, 0.1) is 51.2 Å². The summed E-state index contributed by atoms with van der Waals surface area (Å²) in [6.45, 7) is 20.1. The van der Waals surface area contributed by atoms with Gasteiger partial charge in [-0.05, 0) is 152 Å². The van der Waals surface area contributed by atoms with Crippen LogP contribution in [0.5, 0.6) is 0 Å². The van der Waals surface area contributed by atoms with Crippen molar-refractivity contribution in [3.05, 3.63) is 53.6 Å². The standard InChI is InChI=1S/C41H59NO4/c1-26(2)30-16-20-40(25-42-41(23-24-41)36(45)46)22-21-39(7)33(34(30)40)9-8-18-38(39,6)19-17-31-27(3)10-15-32(37(31,4)5)28-11-13-29(14-12-28)35(43)44/h11-15,27,30-31,33-34,42H,1,8-10,16-25H2,2-7H3,(H,43,44)(H,45,46). The summed E-state index contributed by atoms with van der Waals surface area (Å²) in [6.07, 6.45) is 16.1. The highest BCUT2D eigenvalue weighted by Gasteiger charge is 2.64. The lowest BCUT2D eigenvalue weighted by Gasteiger charge is -2.64. The lowest BCUT2D eigenvalue weighted by Crippen LogP contribution is -2.59. The van der Waals surface area contributed by atoms with Crippen LogP contribution in [0.3, 0.4) is 0 Å². The van der Waals surface area contributed by atoms with E-state index >= 15 is 0 Å². The zero-order chi connectivity index (χ0) is 33.3. The molecule has 0 aliphatic heterocycles. The Kier molecular flexibility index (Phi) is 8.47. The maximum absolute atomic E-state index is 12.1. The number of nitrogens with one attached hydrogen (secondary N) is 1. The molecule has 46 heavy (non-hydrogen) atoms. The molecule has 3 N–H and O–H groups in total. The second kappa shape index (κ2) is 11.6. The molecule has 4 saturated carbocycles. The van der Waals surface area contributed by atoms with Crippen LogP contribution >= 0.6 is 0 Å². The van der Waals surface area contributed by atoms with Crippen molar-refractivity contribution >= 4 is 17.5 Å². The Bertz CT molecular complexity index is 1400. The molecule has 0 bridgehead atoms. The highest BCUT2D eigenvalue weighted by Crippen LogP contribution is 2.71. The molecule has 1 aromatic carbocycles. The van der Waals surface area contributed by atoms with Gasteiger partial charge in [0.05, 0.1) is 5.56 Å². The molecule has 0 radical (unpaired) electrons. The van der Waals surface area contributed by atoms with Crippen molar-refractivity contribution in [1.29, 1.82) is 0 Å². The molecule has 0 spiro atoms. The molecule has 0 aromatic heterocycles. The fourth-order valence-corrected chi connectivity index (χ4v) is 11.8. The number of rotatable bonds is 10. The van der Waals surface area contributed by atoms with Crippen LogP contribution in [-0.2, 0) is 4.79 Å². The molecule has 5 aliphatic rings. The van der Waals surface area contributed by atoms with Gasteiger partial charge in [-0.1, -0.05) is 71.4 Å². The molecule has 0 saturated heterocycles. The normalized spacial score (nSPS) is 39.1. The Balaban J connectivity index is 1.23. The molecule has 0 amide bonds. The Morgan fingerprint density at radius 3 is 2.26 bits per heavy atom. The lowest BCUT2D eigenvalue weighted by atomic mass is 9.41. The molecule has 8 atom stereocenters. The third-order valence-electron chi connectivity index (χ3n) is 15.1. The Labute approximate surface area is 277 Å². The van der Waals surface area contributed by atoms with Gasteiger partial charge in [0.1, 0.15) is 5.54 Å². The zero-order valence-electron chi connectivity index (χ0n) is 29.4. The molecule has 5 heteroatoms. The van der Waals surface area contributed by atoms with E-state index in [-0.39, 0.29) is 21.7 Å². The van der Waals surface area contributed by atoms with Gasteiger partial charge in [-0.15, -0.1) is 0 Å². The summed E-state index contributed by atoms with van der Waals surface area (Å²) < 4.78 is 0. The van der Waals surface area contributed by atoms with E-state index in [9.17, 15) is 19.8 Å². The lowest BCUT2D eigenvalue weighted by molar-refractivity contribution is -0.147. The SMILES string of the molecule is C=C(C)C1CCC2(CNC3(C(=O)O)CC3)CCC3(C)C(CCCC3(C)CCC3C(C)CC=C(c4ccc(C(=O)O)cc4)C3(C)C)C12. The van der Waals surface area contributed by atoms with E-state index in [2.05, 4.69) is 59.5 Å². The molecule has 6 rings (SSSR count). The second-order valence-electron chi connectivity index (χ2n) is 17.7. The van der Waals surface area contributed by atoms with Crippen LogP contribution in [0.4, 0.5) is 0 Å². The minimum absolute atomic E-state index is 0.000532. The molecule has 5 aliphatic carbocycles. The number of carboxylic acid groups (broad SMARTS) is 2. The number of aliphatic carboxylic acids is 1. The van der Waals surface area contributed by atoms with Crippen molar-refractivity contribution in [3.63, 3.8) is 0 Å². The maximum Gasteiger partial charge on any atom is 0.335 e. The third-order valence-corrected chi connectivity index (χ3v) is 15.1. The van der Waals surface area contributed by atoms with Gasteiger partial charge in [0.15, 0.2) is 0 Å². The fourth-order valence-electron chi connectivity index (χ4n) is 11.8. The highest BCUT2D eigenvalue weighted by atomic mass is 16.4. The van der Waals surface area contributed by atoms with Crippen LogP contribution in [0.2, 0.25) is 0 Å². The predicted octanol–water partition coefficient (Wildman–Crippen LogP) is 9.63. The summed E-state index contributed by atoms with van der Waals surface area (Å²) >= 11 is 0. The van der Waals surface area contributed by atoms with Gasteiger partial charge >= 0.3 is 11.9 Å². The van der Waals surface area contributed by atoms with E-state index in [1.165, 1.54) is 68.9 Å². The van der Waals surface area contributed by atoms with E-state index < -0.39 is 17.5 Å². The van der Waals surface area contributed by atoms with Crippen molar-refractivity contribution < 1.29 is 19.8 Å². The van der Waals surface area contributed by atoms with E-state index in [0.717, 1.165) is 31.4 Å². The summed E-state index contributed by atoms with van der Waals surface area (Å²) in [6, 6.07) is 7.50. The quantitative estimate of drug-likeness (QED) is 0.224. The molecular weight excluding hydrogens is 570 g/mol. The van der Waals surface area contributed by atoms with Crippen molar-refractivity contribution in [3.8, 4) is 0 Å². The first-order chi connectivity index (χ1) is 21.6. The average molecular weight is 630 g/mol. The van der Waals surface area contributed by atoms with Crippen LogP contribution < -0.4 is 5.32 Å². The van der Waals surface area contributed by atoms with Gasteiger partial charge in [0.25, 0.3) is 0 Å². The van der Waals surface area contributed by atoms with Gasteiger partial charge in [0, 0.05) is 6.54 Å². The zero-order valence-corrected chi connectivity index (χ0v) is 29.4. The predicted molar refractivity (Wildman–Crippen MR) is 186 cm³/mol. The van der Waals surface area contributed by atoms with Crippen molar-refractivity contribution in [1.82, 2.24) is 5.32 Å². The largest absolute Gasteiger partial charge is 0.480 e. The van der Waals surface area contributed by atoms with Gasteiger partial charge in [-0.25, -0.2) is 4.79 Å². The number of hydrogen-bond donors (Lipinski definition) is 3. The number of carboxylic acids is 2. The number of fused-ring (bicyclic) bond motifs is 3. The van der Waals surface area contributed by atoms with E-state index in [4.69, 9.17) is 0 Å². The summed E-state index contributed by atoms with van der Waals surface area (Å²) in [5.74, 6) is 1.36. The number of hydrogen-bond acceptors (Lipinski definition) is 3. The van der Waals surface area contributed by atoms with E-state index in [1.807, 2.05) is 12.1 Å². The maximum atomic E-state index is 12.1. The third kappa shape index (κ3) is 5.31. The monoisotopic (exact) mass is 629 g/mol. The van der Waals surface area contributed by atoms with E-state index in [0.29, 0.717) is 35.2 Å². The molecule has 5 nitrogen and oxygen atoms in total. The van der Waals surface area contributed by atoms with Crippen molar-refractivity contribution in [2.24, 2.45) is 51.2 Å². The first kappa shape index (κ1) is 33.5. The van der Waals surface area contributed by atoms with Gasteiger partial charge in [-0.2, -0.15) is 0 Å². The molecule has 8 unspecified atom stereocenters. The van der Waals surface area contributed by atoms with Gasteiger partial charge in [0.2, 0.25) is 0 Å². The van der Waals surface area contributed by atoms with Crippen LogP contribution in [0.1, 0.15) is 135 Å². The molecular formula is C41H59NO4. The molecule has 252 valence electrons. The Hall–Kier alpha value is -2.40. The summed E-state index contributed by atoms with van der Waals surface area (Å²) in [7, 11) is 0. The van der Waals surface area contributed by atoms with Gasteiger partial charge in [-0.3, -0.25) is 4.79 Å². The number of carbonyl (C=O) groups is 2. The second-order valence-corrected chi connectivity index (χ2v) is 17.7. The smallest absolute Gasteiger partial charge is 0.335 e. The number of aromatic carboxylic acids is 1. The highest BCUT2D eigenvalue weighted by molar-refractivity contribution is 5.88. The van der Waals surface area contributed by atoms with Gasteiger partial charge < -0.3 is 15.5 Å². The summed E-state index contributed by atoms with van der Waals surface area (Å²) in [5, 5.41) is 23.0. The van der Waals surface area contributed by atoms with Crippen LogP contribution in [0.25, 0.3) is 5.57 Å². The molecule has 1 aromatic rings.